The molecular weight excluding hydrogens is 225 g/mol. The number of hydrogen-bond acceptors (Lipinski definition) is 5. The predicted molar refractivity (Wildman–Crippen MR) is 50.7 cm³/mol. The van der Waals surface area contributed by atoms with E-state index in [1.54, 1.807) is 6.92 Å². The quantitative estimate of drug-likeness (QED) is 0.610. The monoisotopic (exact) mass is 236 g/mol. The molecule has 1 heterocycles. The van der Waals surface area contributed by atoms with Crippen LogP contribution in [0.5, 0.6) is 5.88 Å². The van der Waals surface area contributed by atoms with E-state index < -0.39 is 19.2 Å². The molecule has 0 amide bonds. The molecule has 16 heavy (non-hydrogen) atoms. The Balaban J connectivity index is 2.57. The molecule has 0 unspecified atom stereocenters. The smallest absolute Gasteiger partial charge is 0.392 e. The van der Waals surface area contributed by atoms with Crippen LogP contribution in [-0.4, -0.2) is 22.8 Å². The van der Waals surface area contributed by atoms with Gasteiger partial charge in [0.1, 0.15) is 0 Å². The van der Waals surface area contributed by atoms with Gasteiger partial charge in [-0.15, -0.1) is 0 Å². The Morgan fingerprint density at radius 2 is 2.12 bits per heavy atom. The summed E-state index contributed by atoms with van der Waals surface area (Å²) in [6.45, 7) is 1.17. The van der Waals surface area contributed by atoms with Gasteiger partial charge in [-0.3, -0.25) is 5.43 Å². The van der Waals surface area contributed by atoms with E-state index in [1.807, 2.05) is 0 Å². The van der Waals surface area contributed by atoms with Crippen molar-refractivity contribution in [3.05, 3.63) is 11.8 Å². The van der Waals surface area contributed by atoms with E-state index in [0.29, 0.717) is 5.69 Å². The molecule has 1 aromatic heterocycles. The first-order valence-corrected chi connectivity index (χ1v) is 4.42. The highest BCUT2D eigenvalue weighted by molar-refractivity contribution is 5.28. The molecule has 0 fully saturated rings. The number of nitrogens with one attached hydrogen (secondary N) is 1. The molecule has 1 aromatic rings. The summed E-state index contributed by atoms with van der Waals surface area (Å²) in [5, 5.41) is 0. The Kier molecular flexibility index (Phi) is 3.88. The van der Waals surface area contributed by atoms with Gasteiger partial charge in [0.2, 0.25) is 11.8 Å². The molecule has 0 radical (unpaired) electrons. The molecule has 0 aromatic carbocycles. The molecule has 8 heteroatoms. The van der Waals surface area contributed by atoms with Crippen LogP contribution in [0.25, 0.3) is 0 Å². The lowest BCUT2D eigenvalue weighted by Crippen LogP contribution is -2.15. The summed E-state index contributed by atoms with van der Waals surface area (Å²) in [6.07, 6.45) is -5.27. The average Bonchev–Trinajstić information content (AvgIpc) is 2.14. The van der Waals surface area contributed by atoms with Crippen molar-refractivity contribution in [2.75, 3.05) is 12.0 Å². The van der Waals surface area contributed by atoms with Gasteiger partial charge < -0.3 is 4.74 Å². The van der Waals surface area contributed by atoms with Crippen LogP contribution in [0.3, 0.4) is 0 Å². The number of hydrogen-bond donors (Lipinski definition) is 2. The molecule has 5 nitrogen and oxygen atoms in total. The van der Waals surface area contributed by atoms with Gasteiger partial charge in [-0.05, 0) is 6.92 Å². The van der Waals surface area contributed by atoms with Crippen molar-refractivity contribution >= 4 is 5.95 Å². The van der Waals surface area contributed by atoms with Gasteiger partial charge in [0.25, 0.3) is 0 Å². The Bertz CT molecular complexity index is 356. The minimum Gasteiger partial charge on any atom is -0.477 e. The minimum absolute atomic E-state index is 0.0599. The Morgan fingerprint density at radius 1 is 1.44 bits per heavy atom. The van der Waals surface area contributed by atoms with Crippen LogP contribution in [0.2, 0.25) is 0 Å². The topological polar surface area (TPSA) is 73.1 Å². The Labute approximate surface area is 89.8 Å². The molecule has 0 saturated heterocycles. The first kappa shape index (κ1) is 12.5. The summed E-state index contributed by atoms with van der Waals surface area (Å²) < 4.78 is 40.4. The fraction of sp³-hybridized carbons (Fsp3) is 0.500. The standard InChI is InChI=1S/C8H11F3N4O/c1-5-4-6(14-7(13-5)15-12)16-3-2-8(9,10)11/h4H,2-3,12H2,1H3,(H,13,14,15). The lowest BCUT2D eigenvalue weighted by atomic mass is 10.4. The van der Waals surface area contributed by atoms with Crippen molar-refractivity contribution in [3.63, 3.8) is 0 Å². The summed E-state index contributed by atoms with van der Waals surface area (Å²) in [6, 6.07) is 1.43. The number of rotatable bonds is 4. The summed E-state index contributed by atoms with van der Waals surface area (Å²) in [4.78, 5) is 7.59. The molecule has 90 valence electrons. The lowest BCUT2D eigenvalue weighted by molar-refractivity contribution is -0.139. The number of aryl methyl sites for hydroxylation is 1. The SMILES string of the molecule is Cc1cc(OCCC(F)(F)F)nc(NN)n1. The largest absolute Gasteiger partial charge is 0.477 e. The molecule has 0 spiro atoms. The zero-order chi connectivity index (χ0) is 12.2. The number of ether oxygens (including phenoxy) is 1. The van der Waals surface area contributed by atoms with Gasteiger partial charge in [-0.1, -0.05) is 0 Å². The fourth-order valence-corrected chi connectivity index (χ4v) is 0.949. The minimum atomic E-state index is -4.24. The fourth-order valence-electron chi connectivity index (χ4n) is 0.949. The van der Waals surface area contributed by atoms with Crippen molar-refractivity contribution in [2.24, 2.45) is 5.84 Å². The summed E-state index contributed by atoms with van der Waals surface area (Å²) in [7, 11) is 0. The molecule has 0 aliphatic carbocycles. The van der Waals surface area contributed by atoms with E-state index in [1.165, 1.54) is 6.07 Å². The second kappa shape index (κ2) is 4.97. The molecule has 1 rings (SSSR count). The zero-order valence-corrected chi connectivity index (χ0v) is 8.51. The van der Waals surface area contributed by atoms with Crippen LogP contribution in [0.15, 0.2) is 6.07 Å². The van der Waals surface area contributed by atoms with Crippen LogP contribution in [0.1, 0.15) is 12.1 Å². The molecule has 3 N–H and O–H groups in total. The van der Waals surface area contributed by atoms with Crippen LogP contribution in [-0.2, 0) is 0 Å². The van der Waals surface area contributed by atoms with E-state index in [-0.39, 0.29) is 11.8 Å². The van der Waals surface area contributed by atoms with E-state index in [4.69, 9.17) is 10.6 Å². The molecule has 0 aliphatic rings. The first-order valence-electron chi connectivity index (χ1n) is 4.42. The average molecular weight is 236 g/mol. The van der Waals surface area contributed by atoms with E-state index in [0.717, 1.165) is 0 Å². The summed E-state index contributed by atoms with van der Waals surface area (Å²) >= 11 is 0. The van der Waals surface area contributed by atoms with Gasteiger partial charge in [-0.2, -0.15) is 18.2 Å². The third kappa shape index (κ3) is 4.30. The van der Waals surface area contributed by atoms with Crippen LogP contribution in [0, 0.1) is 6.92 Å². The van der Waals surface area contributed by atoms with E-state index >= 15 is 0 Å². The summed E-state index contributed by atoms with van der Waals surface area (Å²) in [5.41, 5.74) is 2.74. The van der Waals surface area contributed by atoms with Crippen molar-refractivity contribution in [3.8, 4) is 5.88 Å². The highest BCUT2D eigenvalue weighted by atomic mass is 19.4. The van der Waals surface area contributed by atoms with Crippen molar-refractivity contribution < 1.29 is 17.9 Å². The first-order chi connectivity index (χ1) is 7.40. The maximum Gasteiger partial charge on any atom is 0.392 e. The summed E-state index contributed by atoms with van der Waals surface area (Å²) in [5.74, 6) is 5.23. The molecule has 0 atom stereocenters. The molecular formula is C8H11F3N4O. The zero-order valence-electron chi connectivity index (χ0n) is 8.51. The van der Waals surface area contributed by atoms with Gasteiger partial charge in [-0.25, -0.2) is 10.8 Å². The second-order valence-electron chi connectivity index (χ2n) is 3.03. The van der Waals surface area contributed by atoms with Crippen molar-refractivity contribution in [2.45, 2.75) is 19.5 Å². The van der Waals surface area contributed by atoms with Gasteiger partial charge >= 0.3 is 6.18 Å². The molecule has 0 bridgehead atoms. The normalized spacial score (nSPS) is 11.3. The third-order valence-electron chi connectivity index (χ3n) is 1.60. The number of nitrogen functional groups attached to an aromatic ring is 1. The van der Waals surface area contributed by atoms with Crippen LogP contribution < -0.4 is 16.0 Å². The Hall–Kier alpha value is -1.57. The van der Waals surface area contributed by atoms with E-state index in [2.05, 4.69) is 15.4 Å². The molecule has 0 saturated carbocycles. The highest BCUT2D eigenvalue weighted by Gasteiger charge is 2.26. The second-order valence-corrected chi connectivity index (χ2v) is 3.03. The van der Waals surface area contributed by atoms with Crippen molar-refractivity contribution in [1.29, 1.82) is 0 Å². The number of anilines is 1. The third-order valence-corrected chi connectivity index (χ3v) is 1.60. The predicted octanol–water partition coefficient (Wildman–Crippen LogP) is 1.40. The number of aromatic nitrogens is 2. The van der Waals surface area contributed by atoms with Gasteiger partial charge in [0, 0.05) is 11.8 Å². The van der Waals surface area contributed by atoms with Crippen LogP contribution >= 0.6 is 0 Å². The number of alkyl halides is 3. The number of halogens is 3. The maximum absolute atomic E-state index is 11.8. The van der Waals surface area contributed by atoms with Gasteiger partial charge in [0.05, 0.1) is 13.0 Å². The highest BCUT2D eigenvalue weighted by Crippen LogP contribution is 2.20. The number of nitrogens with zero attached hydrogens (tertiary/aromatic N) is 2. The molecule has 0 aliphatic heterocycles. The van der Waals surface area contributed by atoms with E-state index in [9.17, 15) is 13.2 Å². The maximum atomic E-state index is 11.8. The lowest BCUT2D eigenvalue weighted by Gasteiger charge is -2.09. The van der Waals surface area contributed by atoms with Gasteiger partial charge in [0.15, 0.2) is 0 Å². The Morgan fingerprint density at radius 3 is 2.69 bits per heavy atom. The number of hydrazine groups is 1. The number of nitrogens with two attached hydrogens (primary N) is 1. The van der Waals surface area contributed by atoms with Crippen molar-refractivity contribution in [1.82, 2.24) is 9.97 Å². The van der Waals surface area contributed by atoms with Crippen LogP contribution in [0.4, 0.5) is 19.1 Å².